The van der Waals surface area contributed by atoms with Crippen molar-refractivity contribution in [3.63, 3.8) is 0 Å². The van der Waals surface area contributed by atoms with Crippen LogP contribution in [0.4, 0.5) is 0 Å². The zero-order valence-corrected chi connectivity index (χ0v) is 21.4. The summed E-state index contributed by atoms with van der Waals surface area (Å²) < 4.78 is 0. The number of fused-ring (bicyclic) bond motifs is 2. The number of hydrogen-bond acceptors (Lipinski definition) is 2. The van der Waals surface area contributed by atoms with Crippen LogP contribution >= 0.6 is 0 Å². The molecule has 0 aromatic rings. The van der Waals surface area contributed by atoms with E-state index in [9.17, 15) is 0 Å². The highest BCUT2D eigenvalue weighted by atomic mass is 16.3. The third kappa shape index (κ3) is 3.68. The summed E-state index contributed by atoms with van der Waals surface area (Å²) in [7, 11) is 0. The molecule has 6 bridgehead atoms. The molecule has 6 aliphatic rings. The Hall–Kier alpha value is -0.860. The van der Waals surface area contributed by atoms with E-state index in [1.807, 2.05) is 13.8 Å². The van der Waals surface area contributed by atoms with Gasteiger partial charge < -0.3 is 10.2 Å². The van der Waals surface area contributed by atoms with E-state index < -0.39 is 0 Å². The summed E-state index contributed by atoms with van der Waals surface area (Å²) in [5.74, 6) is 4.86. The Kier molecular flexibility index (Phi) is 6.62. The fourth-order valence-corrected chi connectivity index (χ4v) is 8.84. The Balaban J connectivity index is 0.000000153. The second kappa shape index (κ2) is 8.73. The van der Waals surface area contributed by atoms with E-state index in [1.165, 1.54) is 50.5 Å². The highest BCUT2D eigenvalue weighted by molar-refractivity contribution is 5.29. The van der Waals surface area contributed by atoms with Gasteiger partial charge in [-0.2, -0.15) is 0 Å². The first-order chi connectivity index (χ1) is 15.1. The maximum absolute atomic E-state index is 8.99. The molecular formula is C30H48O2. The molecule has 180 valence electrons. The first kappa shape index (κ1) is 24.3. The molecule has 0 aromatic carbocycles. The van der Waals surface area contributed by atoms with Gasteiger partial charge in [0, 0.05) is 0 Å². The van der Waals surface area contributed by atoms with Gasteiger partial charge in [-0.05, 0) is 117 Å². The van der Waals surface area contributed by atoms with Crippen LogP contribution in [0.1, 0.15) is 92.4 Å². The van der Waals surface area contributed by atoms with Gasteiger partial charge in [0.2, 0.25) is 0 Å². The smallest absolute Gasteiger partial charge is 0.0639 e. The van der Waals surface area contributed by atoms with Crippen molar-refractivity contribution >= 4 is 0 Å². The lowest BCUT2D eigenvalue weighted by Gasteiger charge is -2.36. The second-order valence-electron chi connectivity index (χ2n) is 12.7. The van der Waals surface area contributed by atoms with Crippen molar-refractivity contribution in [2.45, 2.75) is 92.4 Å². The molecule has 0 aliphatic heterocycles. The predicted octanol–water partition coefficient (Wildman–Crippen LogP) is 7.09. The van der Waals surface area contributed by atoms with Gasteiger partial charge in [0.05, 0.1) is 13.2 Å². The van der Waals surface area contributed by atoms with Crippen LogP contribution in [0.25, 0.3) is 0 Å². The van der Waals surface area contributed by atoms with Crippen molar-refractivity contribution in [2.75, 3.05) is 13.2 Å². The van der Waals surface area contributed by atoms with Crippen molar-refractivity contribution in [3.05, 3.63) is 35.5 Å². The van der Waals surface area contributed by atoms with Gasteiger partial charge in [-0.15, -0.1) is 0 Å². The number of hydrogen-bond donors (Lipinski definition) is 2. The minimum atomic E-state index is 0.198. The van der Waals surface area contributed by atoms with Gasteiger partial charge in [0.1, 0.15) is 0 Å². The predicted molar refractivity (Wildman–Crippen MR) is 134 cm³/mol. The van der Waals surface area contributed by atoms with Crippen LogP contribution < -0.4 is 0 Å². The summed E-state index contributed by atoms with van der Waals surface area (Å²) in [5.41, 5.74) is 5.42. The standard InChI is InChI=1S/2C15H24O/c1-10(9-16)5-4-6-14(2)11-7-12-13(8-11)15(12,14)3;1-11(10-16)5-4-8-15(3)12(2)13-6-7-14(15)9-13/h5,11-13,16H,4,6-9H2,1-3H3;5,13-14,16H,2,4,6-10H2,1,3H3/b10-5-;11-5+/t11?,12-,13?,14+,15?;13-,14+,15+/m01/s1. The lowest BCUT2D eigenvalue weighted by atomic mass is 9.69. The molecule has 2 N–H and O–H groups in total. The summed E-state index contributed by atoms with van der Waals surface area (Å²) in [6, 6.07) is 0. The fourth-order valence-electron chi connectivity index (χ4n) is 8.84. The molecule has 0 radical (unpaired) electrons. The van der Waals surface area contributed by atoms with Crippen molar-refractivity contribution in [2.24, 2.45) is 45.8 Å². The van der Waals surface area contributed by atoms with Gasteiger partial charge in [-0.1, -0.05) is 56.2 Å². The van der Waals surface area contributed by atoms with Crippen LogP contribution in [0.15, 0.2) is 35.5 Å². The van der Waals surface area contributed by atoms with Gasteiger partial charge >= 0.3 is 0 Å². The van der Waals surface area contributed by atoms with Gasteiger partial charge in [-0.25, -0.2) is 0 Å². The van der Waals surface area contributed by atoms with Crippen LogP contribution in [-0.4, -0.2) is 23.4 Å². The van der Waals surface area contributed by atoms with E-state index in [2.05, 4.69) is 39.5 Å². The van der Waals surface area contributed by atoms with E-state index in [1.54, 1.807) is 0 Å². The molecule has 6 rings (SSSR count). The summed E-state index contributed by atoms with van der Waals surface area (Å²) in [6.45, 7) is 16.3. The molecule has 0 aromatic heterocycles. The SMILES string of the molecule is C/C(=C/CC[C@]1(C)C2CC3[C@H](C2)C31C)CO.C=C1[C@@H]2CC[C@@H](C2)[C@@]1(C)CC/C=C(\C)CO. The molecule has 2 heteroatoms. The summed E-state index contributed by atoms with van der Waals surface area (Å²) in [5, 5.41) is 18.0. The third-order valence-corrected chi connectivity index (χ3v) is 11.5. The number of aliphatic hydroxyl groups excluding tert-OH is 2. The molecule has 0 amide bonds. The zero-order chi connectivity index (χ0) is 23.3. The molecule has 0 heterocycles. The molecule has 6 aliphatic carbocycles. The quantitative estimate of drug-likeness (QED) is 0.396. The first-order valence-corrected chi connectivity index (χ1v) is 13.3. The Morgan fingerprint density at radius 3 is 1.88 bits per heavy atom. The van der Waals surface area contributed by atoms with E-state index in [4.69, 9.17) is 10.2 Å². The van der Waals surface area contributed by atoms with Crippen molar-refractivity contribution in [1.82, 2.24) is 0 Å². The van der Waals surface area contributed by atoms with E-state index in [0.29, 0.717) is 16.2 Å². The Morgan fingerprint density at radius 2 is 1.44 bits per heavy atom. The highest BCUT2D eigenvalue weighted by Gasteiger charge is 2.80. The molecule has 6 fully saturated rings. The van der Waals surface area contributed by atoms with Crippen molar-refractivity contribution < 1.29 is 10.2 Å². The summed E-state index contributed by atoms with van der Waals surface area (Å²) in [4.78, 5) is 0. The molecule has 6 saturated carbocycles. The lowest BCUT2D eigenvalue weighted by molar-refractivity contribution is 0.154. The minimum absolute atomic E-state index is 0.198. The van der Waals surface area contributed by atoms with E-state index >= 15 is 0 Å². The molecule has 32 heavy (non-hydrogen) atoms. The maximum atomic E-state index is 8.99. The second-order valence-corrected chi connectivity index (χ2v) is 12.7. The first-order valence-electron chi connectivity index (χ1n) is 13.3. The topological polar surface area (TPSA) is 40.5 Å². The van der Waals surface area contributed by atoms with Crippen LogP contribution in [0.5, 0.6) is 0 Å². The summed E-state index contributed by atoms with van der Waals surface area (Å²) in [6.07, 6.45) is 16.4. The Bertz CT molecular complexity index is 779. The van der Waals surface area contributed by atoms with E-state index in [0.717, 1.165) is 53.6 Å². The van der Waals surface area contributed by atoms with Crippen LogP contribution in [0, 0.1) is 45.8 Å². The third-order valence-electron chi connectivity index (χ3n) is 11.5. The molecule has 0 spiro atoms. The van der Waals surface area contributed by atoms with Crippen LogP contribution in [-0.2, 0) is 0 Å². The number of rotatable bonds is 8. The normalized spacial score (nSPS) is 46.0. The molecular weight excluding hydrogens is 392 g/mol. The van der Waals surface area contributed by atoms with Crippen LogP contribution in [0.3, 0.4) is 0 Å². The average molecular weight is 441 g/mol. The van der Waals surface area contributed by atoms with Crippen LogP contribution in [0.2, 0.25) is 0 Å². The molecule has 8 atom stereocenters. The van der Waals surface area contributed by atoms with E-state index in [-0.39, 0.29) is 13.2 Å². The summed E-state index contributed by atoms with van der Waals surface area (Å²) >= 11 is 0. The van der Waals surface area contributed by atoms with Gasteiger partial charge in [0.25, 0.3) is 0 Å². The molecule has 3 unspecified atom stereocenters. The number of allylic oxidation sites excluding steroid dienone is 3. The van der Waals surface area contributed by atoms with Gasteiger partial charge in [0.15, 0.2) is 0 Å². The van der Waals surface area contributed by atoms with Crippen molar-refractivity contribution in [1.29, 1.82) is 0 Å². The average Bonchev–Trinajstić information content (AvgIpc) is 3.36. The molecule has 2 nitrogen and oxygen atoms in total. The highest BCUT2D eigenvalue weighted by Crippen LogP contribution is 2.87. The lowest BCUT2D eigenvalue weighted by Crippen LogP contribution is -2.26. The maximum Gasteiger partial charge on any atom is 0.0639 e. The fraction of sp³-hybridized carbons (Fsp3) is 0.800. The largest absolute Gasteiger partial charge is 0.392 e. The minimum Gasteiger partial charge on any atom is -0.392 e. The monoisotopic (exact) mass is 440 g/mol. The molecule has 0 saturated heterocycles. The van der Waals surface area contributed by atoms with Crippen molar-refractivity contribution in [3.8, 4) is 0 Å². The zero-order valence-electron chi connectivity index (χ0n) is 21.4. The van der Waals surface area contributed by atoms with Gasteiger partial charge in [-0.3, -0.25) is 0 Å². The Morgan fingerprint density at radius 1 is 0.875 bits per heavy atom. The number of aliphatic hydroxyl groups is 2. The Labute approximate surface area is 197 Å².